The fourth-order valence-corrected chi connectivity index (χ4v) is 3.29. The van der Waals surface area contributed by atoms with Crippen molar-refractivity contribution in [2.24, 2.45) is 0 Å². The molecule has 1 aliphatic rings. The lowest BCUT2D eigenvalue weighted by molar-refractivity contribution is 0.351. The molecule has 5 heteroatoms. The minimum atomic E-state index is -0.488. The number of hydrogen-bond acceptors (Lipinski definition) is 3. The van der Waals surface area contributed by atoms with Crippen LogP contribution in [0.2, 0.25) is 0 Å². The molecule has 1 heterocycles. The third-order valence-electron chi connectivity index (χ3n) is 4.55. The van der Waals surface area contributed by atoms with Gasteiger partial charge in [-0.05, 0) is 61.2 Å². The van der Waals surface area contributed by atoms with Crippen LogP contribution in [0.5, 0.6) is 11.5 Å². The maximum absolute atomic E-state index is 13.8. The summed E-state index contributed by atoms with van der Waals surface area (Å²) in [5.41, 5.74) is 2.44. The highest BCUT2D eigenvalue weighted by atomic mass is 19.1. The second-order valence-electron chi connectivity index (χ2n) is 5.90. The fraction of sp³-hybridized carbons (Fsp3) is 0.368. The summed E-state index contributed by atoms with van der Waals surface area (Å²) >= 11 is 0. The third-order valence-corrected chi connectivity index (χ3v) is 4.55. The van der Waals surface area contributed by atoms with Gasteiger partial charge in [0.05, 0.1) is 14.2 Å². The molecule has 128 valence electrons. The normalized spacial score (nSPS) is 16.6. The summed E-state index contributed by atoms with van der Waals surface area (Å²) in [5.74, 6) is 0.399. The number of nitrogens with one attached hydrogen (secondary N) is 1. The van der Waals surface area contributed by atoms with Crippen LogP contribution >= 0.6 is 0 Å². The van der Waals surface area contributed by atoms with E-state index in [9.17, 15) is 8.78 Å². The molecule has 0 aromatic heterocycles. The molecule has 2 aromatic rings. The first-order valence-electron chi connectivity index (χ1n) is 8.05. The van der Waals surface area contributed by atoms with Crippen LogP contribution in [0.1, 0.15) is 29.2 Å². The molecule has 0 aliphatic carbocycles. The molecule has 0 fully saturated rings. The lowest BCUT2D eigenvalue weighted by atomic mass is 9.90. The van der Waals surface area contributed by atoms with Gasteiger partial charge in [-0.3, -0.25) is 0 Å². The Labute approximate surface area is 140 Å². The molecule has 0 spiro atoms. The molecule has 1 N–H and O–H groups in total. The van der Waals surface area contributed by atoms with Crippen LogP contribution < -0.4 is 14.8 Å². The Hall–Kier alpha value is -2.14. The van der Waals surface area contributed by atoms with Crippen molar-refractivity contribution in [3.63, 3.8) is 0 Å². The number of ether oxygens (including phenoxy) is 2. The molecule has 0 radical (unpaired) electrons. The first-order valence-corrected chi connectivity index (χ1v) is 8.05. The van der Waals surface area contributed by atoms with Crippen molar-refractivity contribution in [1.29, 1.82) is 0 Å². The van der Waals surface area contributed by atoms with Crippen molar-refractivity contribution in [3.8, 4) is 11.5 Å². The SMILES string of the molecule is COc1cc2c(cc1OC)C(CCc1c(F)cccc1F)NCC2. The molecule has 1 atom stereocenters. The predicted molar refractivity (Wildman–Crippen MR) is 88.7 cm³/mol. The van der Waals surface area contributed by atoms with E-state index >= 15 is 0 Å². The van der Waals surface area contributed by atoms with Crippen molar-refractivity contribution in [1.82, 2.24) is 5.32 Å². The number of fused-ring (bicyclic) bond motifs is 1. The van der Waals surface area contributed by atoms with Crippen molar-refractivity contribution in [3.05, 3.63) is 58.7 Å². The van der Waals surface area contributed by atoms with E-state index in [2.05, 4.69) is 5.32 Å². The van der Waals surface area contributed by atoms with Gasteiger partial charge in [-0.25, -0.2) is 8.78 Å². The maximum Gasteiger partial charge on any atom is 0.161 e. The Kier molecular flexibility index (Phi) is 5.00. The van der Waals surface area contributed by atoms with Crippen molar-refractivity contribution < 1.29 is 18.3 Å². The summed E-state index contributed by atoms with van der Waals surface area (Å²) in [5, 5.41) is 3.43. The summed E-state index contributed by atoms with van der Waals surface area (Å²) in [4.78, 5) is 0. The molecule has 3 nitrogen and oxygen atoms in total. The van der Waals surface area contributed by atoms with Gasteiger partial charge in [0.25, 0.3) is 0 Å². The Bertz CT molecular complexity index is 713. The van der Waals surface area contributed by atoms with Gasteiger partial charge in [-0.2, -0.15) is 0 Å². The van der Waals surface area contributed by atoms with Crippen LogP contribution in [-0.4, -0.2) is 20.8 Å². The molecule has 0 bridgehead atoms. The number of rotatable bonds is 5. The second kappa shape index (κ2) is 7.18. The molecule has 24 heavy (non-hydrogen) atoms. The van der Waals surface area contributed by atoms with E-state index in [4.69, 9.17) is 9.47 Å². The first-order chi connectivity index (χ1) is 11.6. The maximum atomic E-state index is 13.8. The van der Waals surface area contributed by atoms with Crippen LogP contribution in [0.15, 0.2) is 30.3 Å². The quantitative estimate of drug-likeness (QED) is 0.903. The molecule has 0 amide bonds. The lowest BCUT2D eigenvalue weighted by Gasteiger charge is -2.28. The van der Waals surface area contributed by atoms with Gasteiger partial charge in [-0.15, -0.1) is 0 Å². The van der Waals surface area contributed by atoms with Crippen molar-refractivity contribution in [2.45, 2.75) is 25.3 Å². The van der Waals surface area contributed by atoms with Gasteiger partial charge in [0, 0.05) is 11.6 Å². The largest absolute Gasteiger partial charge is 0.493 e. The number of hydrogen-bond donors (Lipinski definition) is 1. The van der Waals surface area contributed by atoms with E-state index in [0.29, 0.717) is 24.3 Å². The lowest BCUT2D eigenvalue weighted by Crippen LogP contribution is -2.30. The molecule has 3 rings (SSSR count). The molecule has 2 aromatic carbocycles. The Morgan fingerprint density at radius 2 is 1.75 bits per heavy atom. The summed E-state index contributed by atoms with van der Waals surface area (Å²) in [7, 11) is 3.22. The zero-order valence-electron chi connectivity index (χ0n) is 13.9. The molecular formula is C19H21F2NO2. The summed E-state index contributed by atoms with van der Waals surface area (Å²) < 4.78 is 38.4. The van der Waals surface area contributed by atoms with E-state index in [-0.39, 0.29) is 11.6 Å². The highest BCUT2D eigenvalue weighted by Crippen LogP contribution is 2.36. The van der Waals surface area contributed by atoms with Gasteiger partial charge in [0.2, 0.25) is 0 Å². The van der Waals surface area contributed by atoms with Gasteiger partial charge < -0.3 is 14.8 Å². The minimum Gasteiger partial charge on any atom is -0.493 e. The van der Waals surface area contributed by atoms with Crippen LogP contribution in [-0.2, 0) is 12.8 Å². The average molecular weight is 333 g/mol. The topological polar surface area (TPSA) is 30.5 Å². The van der Waals surface area contributed by atoms with Gasteiger partial charge in [-0.1, -0.05) is 6.07 Å². The molecule has 1 unspecified atom stereocenters. The van der Waals surface area contributed by atoms with E-state index < -0.39 is 11.6 Å². The summed E-state index contributed by atoms with van der Waals surface area (Å²) in [6.07, 6.45) is 1.84. The number of benzene rings is 2. The average Bonchev–Trinajstić information content (AvgIpc) is 2.60. The Morgan fingerprint density at radius 3 is 2.42 bits per heavy atom. The molecular weight excluding hydrogens is 312 g/mol. The zero-order valence-corrected chi connectivity index (χ0v) is 13.9. The first kappa shape index (κ1) is 16.7. The van der Waals surface area contributed by atoms with Gasteiger partial charge >= 0.3 is 0 Å². The van der Waals surface area contributed by atoms with E-state index in [0.717, 1.165) is 18.5 Å². The monoisotopic (exact) mass is 333 g/mol. The summed E-state index contributed by atoms with van der Waals surface area (Å²) in [6, 6.07) is 7.98. The highest BCUT2D eigenvalue weighted by Gasteiger charge is 2.23. The smallest absolute Gasteiger partial charge is 0.161 e. The van der Waals surface area contributed by atoms with E-state index in [1.807, 2.05) is 12.1 Å². The van der Waals surface area contributed by atoms with E-state index in [1.165, 1.54) is 23.8 Å². The molecule has 1 aliphatic heterocycles. The second-order valence-corrected chi connectivity index (χ2v) is 5.90. The zero-order chi connectivity index (χ0) is 17.1. The highest BCUT2D eigenvalue weighted by molar-refractivity contribution is 5.49. The van der Waals surface area contributed by atoms with Crippen molar-refractivity contribution in [2.75, 3.05) is 20.8 Å². The molecule has 0 saturated heterocycles. The van der Waals surface area contributed by atoms with Crippen molar-refractivity contribution >= 4 is 0 Å². The standard InChI is InChI=1S/C19H21F2NO2/c1-23-18-10-12-8-9-22-17(14(12)11-19(18)24-2)7-6-13-15(20)4-3-5-16(13)21/h3-5,10-11,17,22H,6-9H2,1-2H3. The Morgan fingerprint density at radius 1 is 1.08 bits per heavy atom. The Balaban J connectivity index is 1.84. The van der Waals surface area contributed by atoms with Crippen LogP contribution in [0.3, 0.4) is 0 Å². The number of methoxy groups -OCH3 is 2. The third kappa shape index (κ3) is 3.22. The van der Waals surface area contributed by atoms with E-state index in [1.54, 1.807) is 14.2 Å². The predicted octanol–water partition coefficient (Wildman–Crippen LogP) is 3.80. The summed E-state index contributed by atoms with van der Waals surface area (Å²) in [6.45, 7) is 0.826. The van der Waals surface area contributed by atoms with Gasteiger partial charge in [0.15, 0.2) is 11.5 Å². The van der Waals surface area contributed by atoms with Crippen LogP contribution in [0, 0.1) is 11.6 Å². The van der Waals surface area contributed by atoms with Crippen LogP contribution in [0.4, 0.5) is 8.78 Å². The number of halogens is 2. The van der Waals surface area contributed by atoms with Gasteiger partial charge in [0.1, 0.15) is 11.6 Å². The van der Waals surface area contributed by atoms with Crippen LogP contribution in [0.25, 0.3) is 0 Å². The fourth-order valence-electron chi connectivity index (χ4n) is 3.29. The minimum absolute atomic E-state index is 0.0348. The molecule has 0 saturated carbocycles.